The predicted molar refractivity (Wildman–Crippen MR) is 236 cm³/mol. The highest BCUT2D eigenvalue weighted by atomic mass is 35.5. The molecule has 6 aromatic rings. The number of anilines is 1. The lowest BCUT2D eigenvalue weighted by Crippen LogP contribution is -2.39. The van der Waals surface area contributed by atoms with Gasteiger partial charge in [-0.05, 0) is 93.5 Å². The third-order valence-corrected chi connectivity index (χ3v) is 16.8. The Morgan fingerprint density at radius 3 is 2.30 bits per heavy atom. The van der Waals surface area contributed by atoms with Gasteiger partial charge in [-0.1, -0.05) is 23.4 Å². The zero-order chi connectivity index (χ0) is 50.0. The fourth-order valence-electron chi connectivity index (χ4n) is 8.88. The van der Waals surface area contributed by atoms with Gasteiger partial charge in [-0.15, -0.1) is 0 Å². The Kier molecular flexibility index (Phi) is 11.5. The van der Waals surface area contributed by atoms with Crippen molar-refractivity contribution in [2.75, 3.05) is 11.0 Å². The number of nitrogens with two attached hydrogens (primary N) is 1. The summed E-state index contributed by atoms with van der Waals surface area (Å²) in [5, 5.41) is 6.29. The first-order chi connectivity index (χ1) is 32.2. The van der Waals surface area contributed by atoms with Gasteiger partial charge in [-0.2, -0.15) is 19.0 Å². The second kappa shape index (κ2) is 16.5. The van der Waals surface area contributed by atoms with Crippen LogP contribution in [0.1, 0.15) is 91.3 Å². The van der Waals surface area contributed by atoms with Gasteiger partial charge >= 0.3 is 0 Å². The first kappa shape index (κ1) is 48.0. The Hall–Kier alpha value is -6.06. The molecule has 3 N–H and O–H groups in total. The molecule has 3 aliphatic carbocycles. The number of alkyl halides is 6. The number of aromatic nitrogens is 6. The molecular weight excluding hydrogens is 988 g/mol. The van der Waals surface area contributed by atoms with Gasteiger partial charge in [0.1, 0.15) is 46.2 Å². The lowest BCUT2D eigenvalue weighted by molar-refractivity contribution is -0.122. The van der Waals surface area contributed by atoms with Crippen LogP contribution in [-0.4, -0.2) is 74.5 Å². The third-order valence-electron chi connectivity index (χ3n) is 12.7. The number of amides is 1. The van der Waals surface area contributed by atoms with E-state index >= 15 is 22.4 Å². The van der Waals surface area contributed by atoms with Crippen LogP contribution in [0.4, 0.5) is 40.9 Å². The quantitative estimate of drug-likeness (QED) is 0.0826. The number of nitrogens with one attached hydrogen (secondary N) is 1. The highest BCUT2D eigenvalue weighted by Gasteiger charge is 2.68. The molecule has 3 aromatic heterocycles. The Bertz CT molecular complexity index is 3510. The zero-order valence-corrected chi connectivity index (χ0v) is 38.5. The number of fused-ring (bicyclic) bond motifs is 5. The standard InChI is InChI=1S/C44H37ClF8N8O6S2/c1-43(2,68(3,64)65)11-10-19-4-7-24-29(15-19)55-41(60(42(24)63)30-9-8-28(45)33-36(30)59(18-31(48)49)57-40(33)58-69(66,67)23-5-6-23)26(14-20-12-21(46)16-22(47)13-20)35(39(54)62)61-37-32(34(56-61)38(50)51)25-17-27(25)44(37,52)53/h4,7-9,12-13,15-16,23,25-27,31,35,38H,5-6,14,17-18H2,1-3H3,(H2,54,62)(H,57,58)/t25-,26-,27+,35?/m0/s1. The number of hydrogen-bond acceptors (Lipinski definition) is 9. The van der Waals surface area contributed by atoms with Crippen molar-refractivity contribution in [1.82, 2.24) is 29.1 Å². The number of rotatable bonds is 14. The van der Waals surface area contributed by atoms with E-state index in [9.17, 15) is 39.2 Å². The van der Waals surface area contributed by atoms with E-state index in [1.54, 1.807) is 0 Å². The number of sulfone groups is 1. The Labute approximate surface area is 391 Å². The van der Waals surface area contributed by atoms with Crippen LogP contribution >= 0.6 is 11.6 Å². The van der Waals surface area contributed by atoms with Crippen molar-refractivity contribution in [3.8, 4) is 17.5 Å². The number of halogens is 9. The largest absolute Gasteiger partial charge is 0.368 e. The number of carbonyl (C=O) groups excluding carboxylic acids is 1. The summed E-state index contributed by atoms with van der Waals surface area (Å²) in [5.41, 5.74) is 0.880. The second-order valence-electron chi connectivity index (χ2n) is 17.8. The van der Waals surface area contributed by atoms with Crippen LogP contribution in [0.15, 0.2) is 53.3 Å². The lowest BCUT2D eigenvalue weighted by atomic mass is 9.89. The van der Waals surface area contributed by atoms with Crippen LogP contribution in [0.5, 0.6) is 0 Å². The summed E-state index contributed by atoms with van der Waals surface area (Å²) in [5.74, 6) is -8.11. The highest BCUT2D eigenvalue weighted by Crippen LogP contribution is 2.68. The maximum absolute atomic E-state index is 16.3. The Balaban J connectivity index is 1.40. The van der Waals surface area contributed by atoms with Crippen molar-refractivity contribution < 1.29 is 56.8 Å². The number of benzene rings is 3. The molecular formula is C44H37ClF8N8O6S2. The number of nitrogens with zero attached hydrogens (tertiary/aromatic N) is 6. The van der Waals surface area contributed by atoms with E-state index in [4.69, 9.17) is 22.3 Å². The van der Waals surface area contributed by atoms with Gasteiger partial charge < -0.3 is 5.73 Å². The van der Waals surface area contributed by atoms with Crippen LogP contribution in [0, 0.1) is 29.4 Å². The van der Waals surface area contributed by atoms with E-state index in [1.807, 2.05) is 0 Å². The summed E-state index contributed by atoms with van der Waals surface area (Å²) in [6.07, 6.45) is -6.14. The molecule has 3 heterocycles. The smallest absolute Gasteiger partial charge is 0.293 e. The molecule has 0 radical (unpaired) electrons. The van der Waals surface area contributed by atoms with Crippen molar-refractivity contribution in [2.24, 2.45) is 11.7 Å². The highest BCUT2D eigenvalue weighted by molar-refractivity contribution is 7.93. The zero-order valence-electron chi connectivity index (χ0n) is 36.1. The maximum Gasteiger partial charge on any atom is 0.293 e. The molecule has 1 amide bonds. The van der Waals surface area contributed by atoms with Crippen molar-refractivity contribution in [3.05, 3.63) is 109 Å². The van der Waals surface area contributed by atoms with Crippen molar-refractivity contribution in [1.29, 1.82) is 0 Å². The summed E-state index contributed by atoms with van der Waals surface area (Å²) in [6.45, 7) is 1.43. The first-order valence-electron chi connectivity index (χ1n) is 21.0. The average Bonchev–Trinajstić information content (AvgIpc) is 4.16. The number of sulfonamides is 1. The van der Waals surface area contributed by atoms with Crippen LogP contribution in [-0.2, 0) is 43.5 Å². The lowest BCUT2D eigenvalue weighted by Gasteiger charge is -2.30. The monoisotopic (exact) mass is 1020 g/mol. The van der Waals surface area contributed by atoms with Crippen LogP contribution in [0.25, 0.3) is 27.5 Å². The molecule has 25 heteroatoms. The van der Waals surface area contributed by atoms with Crippen molar-refractivity contribution in [3.63, 3.8) is 0 Å². The first-order valence-corrected chi connectivity index (χ1v) is 24.8. The molecule has 69 heavy (non-hydrogen) atoms. The fraction of sp³-hybridized carbons (Fsp3) is 0.386. The van der Waals surface area contributed by atoms with Crippen LogP contribution in [0.3, 0.4) is 0 Å². The summed E-state index contributed by atoms with van der Waals surface area (Å²) in [4.78, 5) is 34.2. The van der Waals surface area contributed by atoms with Gasteiger partial charge in [0.15, 0.2) is 15.7 Å². The Morgan fingerprint density at radius 2 is 1.70 bits per heavy atom. The molecule has 2 fully saturated rings. The van der Waals surface area contributed by atoms with E-state index in [2.05, 4.69) is 26.8 Å². The summed E-state index contributed by atoms with van der Waals surface area (Å²) in [6, 6.07) is 5.77. The molecule has 4 atom stereocenters. The Morgan fingerprint density at radius 1 is 1.01 bits per heavy atom. The summed E-state index contributed by atoms with van der Waals surface area (Å²) < 4.78 is 175. The normalized spacial score (nSPS) is 18.6. The van der Waals surface area contributed by atoms with Gasteiger partial charge in [0.25, 0.3) is 24.3 Å². The minimum atomic E-state index is -4.17. The molecule has 9 rings (SSSR count). The molecule has 3 aliphatic rings. The minimum absolute atomic E-state index is 0.0619. The number of primary amides is 1. The molecule has 364 valence electrons. The SMILES string of the molecule is CC(C)(C#Cc1ccc2c(=O)n(-c3ccc(Cl)c4c(NS(=O)(=O)C5CC5)nn(CC(F)F)c34)c([C@@H](Cc3cc(F)cc(F)c3)C(C(N)=O)n3nc(C(F)F)c4c3C(F)(F)[C@@H]3C[C@H]43)nc2c1)S(C)(=O)=O. The molecule has 0 saturated heterocycles. The van der Waals surface area contributed by atoms with Crippen LogP contribution in [0.2, 0.25) is 5.02 Å². The van der Waals surface area contributed by atoms with Gasteiger partial charge in [-0.3, -0.25) is 23.6 Å². The van der Waals surface area contributed by atoms with Gasteiger partial charge in [-0.25, -0.2) is 52.8 Å². The summed E-state index contributed by atoms with van der Waals surface area (Å²) >= 11 is 6.67. The molecule has 2 saturated carbocycles. The van der Waals surface area contributed by atoms with E-state index in [1.165, 1.54) is 32.0 Å². The fourth-order valence-corrected chi connectivity index (χ4v) is 10.7. The average molecular weight is 1030 g/mol. The van der Waals surface area contributed by atoms with E-state index < -0.39 is 148 Å². The van der Waals surface area contributed by atoms with Crippen molar-refractivity contribution >= 4 is 65.0 Å². The van der Waals surface area contributed by atoms with Crippen molar-refractivity contribution in [2.45, 2.75) is 92.7 Å². The molecule has 0 spiro atoms. The minimum Gasteiger partial charge on any atom is -0.368 e. The van der Waals surface area contributed by atoms with Gasteiger partial charge in [0, 0.05) is 29.4 Å². The molecule has 0 aliphatic heterocycles. The molecule has 0 bridgehead atoms. The molecule has 14 nitrogen and oxygen atoms in total. The number of carbonyl (C=O) groups is 1. The van der Waals surface area contributed by atoms with Gasteiger partial charge in [0.2, 0.25) is 15.9 Å². The number of hydrogen-bond donors (Lipinski definition) is 2. The van der Waals surface area contributed by atoms with E-state index in [-0.39, 0.29) is 51.7 Å². The molecule has 3 aromatic carbocycles. The summed E-state index contributed by atoms with van der Waals surface area (Å²) in [7, 11) is -7.94. The van der Waals surface area contributed by atoms with Crippen LogP contribution < -0.4 is 16.0 Å². The molecule has 1 unspecified atom stereocenters. The van der Waals surface area contributed by atoms with E-state index in [0.29, 0.717) is 15.4 Å². The maximum atomic E-state index is 16.3. The second-order valence-corrected chi connectivity index (χ2v) is 22.8. The van der Waals surface area contributed by atoms with Gasteiger partial charge in [0.05, 0.1) is 43.7 Å². The predicted octanol–water partition coefficient (Wildman–Crippen LogP) is 7.41. The third kappa shape index (κ3) is 8.38. The topological polar surface area (TPSA) is 194 Å². The van der Waals surface area contributed by atoms with E-state index in [0.717, 1.165) is 35.1 Å².